The second kappa shape index (κ2) is 8.11. The average molecular weight is 384 g/mol. The number of hydrogen-bond acceptors (Lipinski definition) is 4. The summed E-state index contributed by atoms with van der Waals surface area (Å²) >= 11 is 0. The highest BCUT2D eigenvalue weighted by molar-refractivity contribution is 5.60. The molecule has 1 N–H and O–H groups in total. The molecule has 7 heteroatoms. The fraction of sp³-hybridized carbons (Fsp3) is 0.143. The van der Waals surface area contributed by atoms with Crippen molar-refractivity contribution >= 4 is 0 Å². The predicted octanol–water partition coefficient (Wildman–Crippen LogP) is 4.97. The number of rotatable bonds is 5. The van der Waals surface area contributed by atoms with E-state index in [4.69, 9.17) is 15.1 Å². The number of pyridine rings is 1. The Bertz CT molecular complexity index is 1010. The normalized spacial score (nSPS) is 11.1. The van der Waals surface area contributed by atoms with Gasteiger partial charge in [-0.25, -0.2) is 0 Å². The maximum Gasteiger partial charge on any atom is 0.417 e. The van der Waals surface area contributed by atoms with E-state index < -0.39 is 17.3 Å². The smallest absolute Gasteiger partial charge is 0.417 e. The van der Waals surface area contributed by atoms with E-state index in [1.807, 2.05) is 18.2 Å². The standard InChI is InChI=1S/C21H15F3N2O2/c22-21(23,24)19-9-8-18(12-15(19)13-25)28-17-6-4-14(5-7-17)20-3-1-2-16(26-20)10-11-27/h1-9,12,27H,10-11H2. The lowest BCUT2D eigenvalue weighted by Crippen LogP contribution is -2.07. The molecule has 0 saturated heterocycles. The molecule has 0 aliphatic carbocycles. The lowest BCUT2D eigenvalue weighted by Gasteiger charge is -2.11. The molecule has 0 fully saturated rings. The van der Waals surface area contributed by atoms with Gasteiger partial charge in [-0.05, 0) is 54.6 Å². The van der Waals surface area contributed by atoms with Gasteiger partial charge >= 0.3 is 6.18 Å². The summed E-state index contributed by atoms with van der Waals surface area (Å²) in [5, 5.41) is 18.0. The number of halogens is 3. The molecule has 0 saturated carbocycles. The molecular formula is C21H15F3N2O2. The Balaban J connectivity index is 1.80. The zero-order valence-corrected chi connectivity index (χ0v) is 14.6. The highest BCUT2D eigenvalue weighted by atomic mass is 19.4. The molecule has 28 heavy (non-hydrogen) atoms. The third-order valence-electron chi connectivity index (χ3n) is 3.98. The van der Waals surface area contributed by atoms with Gasteiger partial charge in [0.05, 0.1) is 22.9 Å². The van der Waals surface area contributed by atoms with E-state index in [2.05, 4.69) is 4.98 Å². The topological polar surface area (TPSA) is 66.1 Å². The first kappa shape index (κ1) is 19.4. The average Bonchev–Trinajstić information content (AvgIpc) is 2.68. The van der Waals surface area contributed by atoms with Gasteiger partial charge in [-0.3, -0.25) is 4.98 Å². The van der Waals surface area contributed by atoms with Crippen LogP contribution in [0, 0.1) is 11.3 Å². The zero-order chi connectivity index (χ0) is 20.1. The lowest BCUT2D eigenvalue weighted by atomic mass is 10.1. The van der Waals surface area contributed by atoms with Crippen molar-refractivity contribution in [1.82, 2.24) is 4.98 Å². The summed E-state index contributed by atoms with van der Waals surface area (Å²) in [5.41, 5.74) is 0.850. The van der Waals surface area contributed by atoms with E-state index in [1.165, 1.54) is 6.07 Å². The van der Waals surface area contributed by atoms with Crippen LogP contribution in [0.15, 0.2) is 60.7 Å². The Labute approximate surface area is 159 Å². The van der Waals surface area contributed by atoms with Crippen LogP contribution in [0.2, 0.25) is 0 Å². The first-order valence-corrected chi connectivity index (χ1v) is 8.37. The van der Waals surface area contributed by atoms with Gasteiger partial charge < -0.3 is 9.84 Å². The number of aliphatic hydroxyl groups is 1. The van der Waals surface area contributed by atoms with Crippen LogP contribution in [0.1, 0.15) is 16.8 Å². The van der Waals surface area contributed by atoms with Crippen molar-refractivity contribution in [2.45, 2.75) is 12.6 Å². The van der Waals surface area contributed by atoms with E-state index in [1.54, 1.807) is 30.3 Å². The first-order valence-electron chi connectivity index (χ1n) is 8.37. The van der Waals surface area contributed by atoms with Gasteiger partial charge in [-0.15, -0.1) is 0 Å². The van der Waals surface area contributed by atoms with Crippen LogP contribution in [-0.4, -0.2) is 16.7 Å². The number of aliphatic hydroxyl groups excluding tert-OH is 1. The van der Waals surface area contributed by atoms with Gasteiger partial charge in [0.1, 0.15) is 11.5 Å². The van der Waals surface area contributed by atoms with Crippen molar-refractivity contribution in [3.8, 4) is 28.8 Å². The minimum absolute atomic E-state index is 0.0149. The lowest BCUT2D eigenvalue weighted by molar-refractivity contribution is -0.137. The van der Waals surface area contributed by atoms with Gasteiger partial charge in [0.25, 0.3) is 0 Å². The van der Waals surface area contributed by atoms with Gasteiger partial charge in [-0.1, -0.05) is 6.07 Å². The molecule has 1 aromatic heterocycles. The van der Waals surface area contributed by atoms with E-state index in [-0.39, 0.29) is 12.4 Å². The molecule has 0 amide bonds. The molecule has 0 aliphatic rings. The minimum Gasteiger partial charge on any atom is -0.457 e. The summed E-state index contributed by atoms with van der Waals surface area (Å²) in [7, 11) is 0. The van der Waals surface area contributed by atoms with Crippen LogP contribution >= 0.6 is 0 Å². The van der Waals surface area contributed by atoms with Crippen molar-refractivity contribution in [3.05, 3.63) is 77.5 Å². The summed E-state index contributed by atoms with van der Waals surface area (Å²) < 4.78 is 44.2. The van der Waals surface area contributed by atoms with Crippen molar-refractivity contribution < 1.29 is 23.0 Å². The summed E-state index contributed by atoms with van der Waals surface area (Å²) in [6.45, 7) is 0.0149. The Morgan fingerprint density at radius 2 is 1.71 bits per heavy atom. The molecule has 4 nitrogen and oxygen atoms in total. The van der Waals surface area contributed by atoms with Crippen LogP contribution < -0.4 is 4.74 Å². The van der Waals surface area contributed by atoms with Crippen LogP contribution in [0.3, 0.4) is 0 Å². The van der Waals surface area contributed by atoms with Crippen molar-refractivity contribution in [2.75, 3.05) is 6.61 Å². The van der Waals surface area contributed by atoms with Crippen molar-refractivity contribution in [2.24, 2.45) is 0 Å². The fourth-order valence-electron chi connectivity index (χ4n) is 2.65. The first-order chi connectivity index (χ1) is 13.4. The Morgan fingerprint density at radius 3 is 2.36 bits per heavy atom. The molecule has 3 rings (SSSR count). The molecule has 0 spiro atoms. The Kier molecular flexibility index (Phi) is 5.62. The summed E-state index contributed by atoms with van der Waals surface area (Å²) in [6.07, 6.45) is -4.13. The van der Waals surface area contributed by atoms with Crippen molar-refractivity contribution in [3.63, 3.8) is 0 Å². The molecule has 0 atom stereocenters. The molecule has 0 aliphatic heterocycles. The highest BCUT2D eigenvalue weighted by Gasteiger charge is 2.33. The van der Waals surface area contributed by atoms with Crippen molar-refractivity contribution in [1.29, 1.82) is 5.26 Å². The van der Waals surface area contributed by atoms with Gasteiger partial charge in [0.15, 0.2) is 0 Å². The molecule has 0 unspecified atom stereocenters. The third kappa shape index (κ3) is 4.48. The molecular weight excluding hydrogens is 369 g/mol. The number of benzene rings is 2. The van der Waals surface area contributed by atoms with Crippen LogP contribution in [-0.2, 0) is 12.6 Å². The van der Waals surface area contributed by atoms with E-state index >= 15 is 0 Å². The number of nitrogens with zero attached hydrogens (tertiary/aromatic N) is 2. The third-order valence-corrected chi connectivity index (χ3v) is 3.98. The maximum atomic E-state index is 12.9. The molecule has 142 valence electrons. The second-order valence-electron chi connectivity index (χ2n) is 5.93. The number of ether oxygens (including phenoxy) is 1. The van der Waals surface area contributed by atoms with Gasteiger partial charge in [0, 0.05) is 24.3 Å². The molecule has 0 bridgehead atoms. The van der Waals surface area contributed by atoms with Gasteiger partial charge in [-0.2, -0.15) is 18.4 Å². The SMILES string of the molecule is N#Cc1cc(Oc2ccc(-c3cccc(CCO)n3)cc2)ccc1C(F)(F)F. The van der Waals surface area contributed by atoms with E-state index in [9.17, 15) is 13.2 Å². The fourth-order valence-corrected chi connectivity index (χ4v) is 2.65. The van der Waals surface area contributed by atoms with Crippen LogP contribution in [0.4, 0.5) is 13.2 Å². The predicted molar refractivity (Wildman–Crippen MR) is 96.7 cm³/mol. The minimum atomic E-state index is -4.59. The van der Waals surface area contributed by atoms with Crippen LogP contribution in [0.25, 0.3) is 11.3 Å². The maximum absolute atomic E-state index is 12.9. The summed E-state index contributed by atoms with van der Waals surface area (Å²) in [6, 6.07) is 17.0. The quantitative estimate of drug-likeness (QED) is 0.675. The monoisotopic (exact) mass is 384 g/mol. The number of alkyl halides is 3. The Morgan fingerprint density at radius 1 is 1.00 bits per heavy atom. The molecule has 2 aromatic carbocycles. The molecule has 1 heterocycles. The second-order valence-corrected chi connectivity index (χ2v) is 5.93. The zero-order valence-electron chi connectivity index (χ0n) is 14.6. The Hall–Kier alpha value is -3.37. The van der Waals surface area contributed by atoms with E-state index in [0.29, 0.717) is 12.2 Å². The number of nitriles is 1. The van der Waals surface area contributed by atoms with E-state index in [0.717, 1.165) is 29.1 Å². The van der Waals surface area contributed by atoms with Crippen LogP contribution in [0.5, 0.6) is 11.5 Å². The molecule has 0 radical (unpaired) electrons. The highest BCUT2D eigenvalue weighted by Crippen LogP contribution is 2.34. The molecule has 3 aromatic rings. The largest absolute Gasteiger partial charge is 0.457 e. The summed E-state index contributed by atoms with van der Waals surface area (Å²) in [5.74, 6) is 0.555. The number of hydrogen-bond donors (Lipinski definition) is 1. The van der Waals surface area contributed by atoms with Gasteiger partial charge in [0.2, 0.25) is 0 Å². The number of aromatic nitrogens is 1. The summed E-state index contributed by atoms with van der Waals surface area (Å²) in [4.78, 5) is 4.46.